The van der Waals surface area contributed by atoms with E-state index in [-0.39, 0.29) is 28.8 Å². The predicted molar refractivity (Wildman–Crippen MR) is 150 cm³/mol. The van der Waals surface area contributed by atoms with Gasteiger partial charge in [0.05, 0.1) is 15.5 Å². The summed E-state index contributed by atoms with van der Waals surface area (Å²) in [6, 6.07) is 17.0. The van der Waals surface area contributed by atoms with Crippen LogP contribution in [0.3, 0.4) is 0 Å². The average Bonchev–Trinajstić information content (AvgIpc) is 2.93. The number of carbonyl (C=O) groups excluding carboxylic acids is 1. The molecule has 0 aliphatic carbocycles. The Hall–Kier alpha value is -3.12. The summed E-state index contributed by atoms with van der Waals surface area (Å²) in [4.78, 5) is 12.5. The molecule has 0 atom stereocenters. The van der Waals surface area contributed by atoms with Crippen molar-refractivity contribution in [1.82, 2.24) is 9.62 Å². The Kier molecular flexibility index (Phi) is 9.16. The molecule has 12 heteroatoms. The standard InChI is InChI=1S/C27H30ClN3O6S2/c1-20-5-8-22(17-26(20)28)30-38(33,34)24-13-9-23(10-14-24)37-19-27(32)29-18-21-6-11-25(12-7-21)39(35,36)31-15-3-2-4-16-31/h5-14,17,30H,2-4,15-16,18-19H2,1H3,(H,29,32). The fourth-order valence-electron chi connectivity index (χ4n) is 4.02. The van der Waals surface area contributed by atoms with Gasteiger partial charge in [-0.2, -0.15) is 4.31 Å². The lowest BCUT2D eigenvalue weighted by molar-refractivity contribution is -0.123. The first-order chi connectivity index (χ1) is 18.5. The molecule has 1 saturated heterocycles. The van der Waals surface area contributed by atoms with Crippen molar-refractivity contribution in [1.29, 1.82) is 0 Å². The first-order valence-electron chi connectivity index (χ1n) is 12.4. The monoisotopic (exact) mass is 591 g/mol. The summed E-state index contributed by atoms with van der Waals surface area (Å²) in [6.45, 7) is 2.84. The van der Waals surface area contributed by atoms with Gasteiger partial charge >= 0.3 is 0 Å². The maximum absolute atomic E-state index is 12.8. The third kappa shape index (κ3) is 7.51. The molecule has 4 rings (SSSR count). The molecule has 1 heterocycles. The number of amides is 1. The Morgan fingerprint density at radius 3 is 2.18 bits per heavy atom. The number of sulfonamides is 2. The van der Waals surface area contributed by atoms with Crippen LogP contribution in [0.5, 0.6) is 5.75 Å². The van der Waals surface area contributed by atoms with Crippen LogP contribution in [0.1, 0.15) is 30.4 Å². The van der Waals surface area contributed by atoms with Gasteiger partial charge in [-0.05, 0) is 79.4 Å². The molecule has 3 aromatic rings. The molecular formula is C27H30ClN3O6S2. The molecule has 1 aliphatic rings. The zero-order valence-electron chi connectivity index (χ0n) is 21.4. The Bertz CT molecular complexity index is 1520. The Labute approximate surface area is 234 Å². The van der Waals surface area contributed by atoms with Crippen LogP contribution in [0.15, 0.2) is 76.5 Å². The van der Waals surface area contributed by atoms with E-state index in [0.29, 0.717) is 29.5 Å². The lowest BCUT2D eigenvalue weighted by Gasteiger charge is -2.25. The molecule has 0 radical (unpaired) electrons. The number of anilines is 1. The van der Waals surface area contributed by atoms with E-state index in [1.54, 1.807) is 36.4 Å². The third-order valence-electron chi connectivity index (χ3n) is 6.29. The van der Waals surface area contributed by atoms with Crippen LogP contribution >= 0.6 is 11.6 Å². The van der Waals surface area contributed by atoms with Crippen LogP contribution < -0.4 is 14.8 Å². The molecular weight excluding hydrogens is 562 g/mol. The minimum atomic E-state index is -3.83. The summed E-state index contributed by atoms with van der Waals surface area (Å²) in [5.41, 5.74) is 1.93. The number of rotatable bonds is 10. The quantitative estimate of drug-likeness (QED) is 0.362. The summed E-state index contributed by atoms with van der Waals surface area (Å²) in [5, 5.41) is 3.18. The number of hydrogen-bond donors (Lipinski definition) is 2. The van der Waals surface area contributed by atoms with Gasteiger partial charge in [0.1, 0.15) is 5.75 Å². The zero-order valence-corrected chi connectivity index (χ0v) is 23.8. The summed E-state index contributed by atoms with van der Waals surface area (Å²) < 4.78 is 60.3. The third-order valence-corrected chi connectivity index (χ3v) is 10.0. The molecule has 0 unspecified atom stereocenters. The molecule has 0 aromatic heterocycles. The Morgan fingerprint density at radius 2 is 1.54 bits per heavy atom. The predicted octanol–water partition coefficient (Wildman–Crippen LogP) is 4.32. The first-order valence-corrected chi connectivity index (χ1v) is 15.7. The SMILES string of the molecule is Cc1ccc(NS(=O)(=O)c2ccc(OCC(=O)NCc3ccc(S(=O)(=O)N4CCCCC4)cc3)cc2)cc1Cl. The molecule has 1 aliphatic heterocycles. The van der Waals surface area contributed by atoms with E-state index >= 15 is 0 Å². The number of carbonyl (C=O) groups is 1. The molecule has 1 amide bonds. The first kappa shape index (κ1) is 28.9. The van der Waals surface area contributed by atoms with Crippen LogP contribution in [0.25, 0.3) is 0 Å². The number of aryl methyl sites for hydroxylation is 1. The smallest absolute Gasteiger partial charge is 0.261 e. The maximum atomic E-state index is 12.8. The van der Waals surface area contributed by atoms with Crippen molar-refractivity contribution in [3.63, 3.8) is 0 Å². The Morgan fingerprint density at radius 1 is 0.897 bits per heavy atom. The number of nitrogens with one attached hydrogen (secondary N) is 2. The highest BCUT2D eigenvalue weighted by Gasteiger charge is 2.25. The summed E-state index contributed by atoms with van der Waals surface area (Å²) in [5.74, 6) is -0.0515. The van der Waals surface area contributed by atoms with Crippen LogP contribution in [-0.2, 0) is 31.4 Å². The van der Waals surface area contributed by atoms with Crippen molar-refractivity contribution in [2.45, 2.75) is 42.5 Å². The largest absolute Gasteiger partial charge is 0.484 e. The fraction of sp³-hybridized carbons (Fsp3) is 0.296. The molecule has 3 aromatic carbocycles. The molecule has 9 nitrogen and oxygen atoms in total. The number of halogens is 1. The van der Waals surface area contributed by atoms with Crippen molar-refractivity contribution in [3.05, 3.63) is 82.9 Å². The second kappa shape index (κ2) is 12.4. The highest BCUT2D eigenvalue weighted by atomic mass is 35.5. The molecule has 208 valence electrons. The van der Waals surface area contributed by atoms with Crippen LogP contribution in [0.4, 0.5) is 5.69 Å². The number of benzene rings is 3. The van der Waals surface area contributed by atoms with E-state index in [9.17, 15) is 21.6 Å². The average molecular weight is 592 g/mol. The highest BCUT2D eigenvalue weighted by molar-refractivity contribution is 7.92. The van der Waals surface area contributed by atoms with Gasteiger partial charge in [-0.25, -0.2) is 16.8 Å². The second-order valence-electron chi connectivity index (χ2n) is 9.21. The van der Waals surface area contributed by atoms with Gasteiger partial charge in [0.2, 0.25) is 10.0 Å². The minimum Gasteiger partial charge on any atom is -0.484 e. The number of ether oxygens (including phenoxy) is 1. The van der Waals surface area contributed by atoms with E-state index in [2.05, 4.69) is 10.0 Å². The van der Waals surface area contributed by atoms with Gasteiger partial charge in [-0.15, -0.1) is 0 Å². The normalized spacial score (nSPS) is 14.5. The fourth-order valence-corrected chi connectivity index (χ4v) is 6.77. The number of hydrogen-bond acceptors (Lipinski definition) is 6. The van der Waals surface area contributed by atoms with Crippen molar-refractivity contribution < 1.29 is 26.4 Å². The topological polar surface area (TPSA) is 122 Å². The number of piperidine rings is 1. The molecule has 2 N–H and O–H groups in total. The van der Waals surface area contributed by atoms with Gasteiger partial charge in [0.25, 0.3) is 15.9 Å². The van der Waals surface area contributed by atoms with Gasteiger partial charge in [-0.1, -0.05) is 36.2 Å². The maximum Gasteiger partial charge on any atom is 0.261 e. The van der Waals surface area contributed by atoms with Crippen molar-refractivity contribution in [3.8, 4) is 5.75 Å². The second-order valence-corrected chi connectivity index (χ2v) is 13.2. The van der Waals surface area contributed by atoms with E-state index in [1.165, 1.54) is 34.6 Å². The van der Waals surface area contributed by atoms with Gasteiger partial charge in [0.15, 0.2) is 6.61 Å². The lowest BCUT2D eigenvalue weighted by atomic mass is 10.2. The summed E-state index contributed by atoms with van der Waals surface area (Å²) in [6.07, 6.45) is 2.79. The van der Waals surface area contributed by atoms with Crippen molar-refractivity contribution in [2.75, 3.05) is 24.4 Å². The number of nitrogens with zero attached hydrogens (tertiary/aromatic N) is 1. The van der Waals surface area contributed by atoms with E-state index < -0.39 is 20.0 Å². The van der Waals surface area contributed by atoms with Crippen molar-refractivity contribution >= 4 is 43.2 Å². The van der Waals surface area contributed by atoms with Crippen LogP contribution in [0.2, 0.25) is 5.02 Å². The molecule has 1 fully saturated rings. The highest BCUT2D eigenvalue weighted by Crippen LogP contribution is 2.24. The summed E-state index contributed by atoms with van der Waals surface area (Å²) >= 11 is 6.07. The summed E-state index contributed by atoms with van der Waals surface area (Å²) in [7, 11) is -7.34. The van der Waals surface area contributed by atoms with Gasteiger partial charge in [-0.3, -0.25) is 9.52 Å². The van der Waals surface area contributed by atoms with Gasteiger partial charge < -0.3 is 10.1 Å². The zero-order chi connectivity index (χ0) is 28.0. The molecule has 0 saturated carbocycles. The van der Waals surface area contributed by atoms with E-state index in [0.717, 1.165) is 30.4 Å². The van der Waals surface area contributed by atoms with Crippen LogP contribution in [-0.4, -0.2) is 46.7 Å². The molecule has 0 spiro atoms. The molecule has 0 bridgehead atoms. The minimum absolute atomic E-state index is 0.0294. The Balaban J connectivity index is 1.26. The van der Waals surface area contributed by atoms with Gasteiger partial charge in [0, 0.05) is 24.7 Å². The van der Waals surface area contributed by atoms with E-state index in [4.69, 9.17) is 16.3 Å². The lowest BCUT2D eigenvalue weighted by Crippen LogP contribution is -2.35. The van der Waals surface area contributed by atoms with Crippen LogP contribution in [0, 0.1) is 6.92 Å². The molecule has 39 heavy (non-hydrogen) atoms. The van der Waals surface area contributed by atoms with Crippen molar-refractivity contribution in [2.24, 2.45) is 0 Å². The van der Waals surface area contributed by atoms with E-state index in [1.807, 2.05) is 6.92 Å².